The third kappa shape index (κ3) is 5.36. The van der Waals surface area contributed by atoms with E-state index in [0.717, 1.165) is 25.9 Å². The molecule has 4 heteroatoms. The predicted molar refractivity (Wildman–Crippen MR) is 75.4 cm³/mol. The zero-order valence-corrected chi connectivity index (χ0v) is 12.4. The molecule has 4 nitrogen and oxygen atoms in total. The monoisotopic (exact) mass is 255 g/mol. The molecule has 0 aromatic carbocycles. The maximum atomic E-state index is 12.4. The summed E-state index contributed by atoms with van der Waals surface area (Å²) in [4.78, 5) is 16.6. The van der Waals surface area contributed by atoms with Crippen LogP contribution < -0.4 is 5.73 Å². The summed E-state index contributed by atoms with van der Waals surface area (Å²) in [7, 11) is 4.09. The van der Waals surface area contributed by atoms with Gasteiger partial charge in [0.05, 0.1) is 0 Å². The van der Waals surface area contributed by atoms with Crippen LogP contribution in [-0.2, 0) is 4.79 Å². The Morgan fingerprint density at radius 3 is 2.22 bits per heavy atom. The van der Waals surface area contributed by atoms with Gasteiger partial charge in [0.25, 0.3) is 0 Å². The Labute approximate surface area is 111 Å². The Morgan fingerprint density at radius 2 is 1.78 bits per heavy atom. The average Bonchev–Trinajstić information content (AvgIpc) is 2.67. The van der Waals surface area contributed by atoms with Gasteiger partial charge in [0.1, 0.15) is 0 Å². The fourth-order valence-electron chi connectivity index (χ4n) is 2.53. The minimum Gasteiger partial charge on any atom is -0.338 e. The van der Waals surface area contributed by atoms with Gasteiger partial charge in [-0.2, -0.15) is 0 Å². The number of carbonyl (C=O) groups is 1. The summed E-state index contributed by atoms with van der Waals surface area (Å²) in [6.07, 6.45) is 5.26. The number of likely N-dealkylation sites (N-methyl/N-ethyl adjacent to an activating group) is 1. The van der Waals surface area contributed by atoms with Crippen molar-refractivity contribution >= 4 is 5.91 Å². The van der Waals surface area contributed by atoms with E-state index < -0.39 is 5.54 Å². The van der Waals surface area contributed by atoms with E-state index in [1.54, 1.807) is 0 Å². The van der Waals surface area contributed by atoms with E-state index in [1.165, 1.54) is 12.8 Å². The van der Waals surface area contributed by atoms with Crippen molar-refractivity contribution in [2.75, 3.05) is 27.2 Å². The number of hydrogen-bond donors (Lipinski definition) is 1. The van der Waals surface area contributed by atoms with Crippen LogP contribution in [0.2, 0.25) is 0 Å². The van der Waals surface area contributed by atoms with Gasteiger partial charge in [0.2, 0.25) is 5.91 Å². The van der Waals surface area contributed by atoms with Crippen molar-refractivity contribution in [2.45, 2.75) is 57.5 Å². The van der Waals surface area contributed by atoms with Crippen molar-refractivity contribution in [3.63, 3.8) is 0 Å². The molecule has 0 bridgehead atoms. The first-order chi connectivity index (χ1) is 8.29. The maximum absolute atomic E-state index is 12.4. The molecule has 0 atom stereocenters. The molecule has 2 N–H and O–H groups in total. The van der Waals surface area contributed by atoms with Crippen LogP contribution in [0.1, 0.15) is 46.0 Å². The number of nitrogens with zero attached hydrogens (tertiary/aromatic N) is 2. The van der Waals surface area contributed by atoms with Crippen molar-refractivity contribution in [3.8, 4) is 0 Å². The maximum Gasteiger partial charge on any atom is 0.224 e. The standard InChI is InChI=1S/C14H29N3O/c1-14(2,15)11-13(18)17(10-9-16(3)4)12-7-5-6-8-12/h12H,5-11,15H2,1-4H3. The number of amides is 1. The lowest BCUT2D eigenvalue weighted by molar-refractivity contribution is -0.134. The molecule has 0 heterocycles. The molecule has 0 saturated heterocycles. The highest BCUT2D eigenvalue weighted by molar-refractivity contribution is 5.77. The first-order valence-corrected chi connectivity index (χ1v) is 7.03. The van der Waals surface area contributed by atoms with E-state index in [0.29, 0.717) is 12.5 Å². The molecule has 106 valence electrons. The molecule has 18 heavy (non-hydrogen) atoms. The molecule has 1 fully saturated rings. The summed E-state index contributed by atoms with van der Waals surface area (Å²) in [5, 5.41) is 0. The van der Waals surface area contributed by atoms with Crippen LogP contribution in [0.4, 0.5) is 0 Å². The van der Waals surface area contributed by atoms with Crippen LogP contribution in [0.5, 0.6) is 0 Å². The van der Waals surface area contributed by atoms with E-state index >= 15 is 0 Å². The van der Waals surface area contributed by atoms with Crippen LogP contribution in [-0.4, -0.2) is 54.5 Å². The van der Waals surface area contributed by atoms with Gasteiger partial charge in [0, 0.05) is 31.1 Å². The summed E-state index contributed by atoms with van der Waals surface area (Å²) in [5.41, 5.74) is 5.56. The zero-order valence-electron chi connectivity index (χ0n) is 12.4. The van der Waals surface area contributed by atoms with Crippen molar-refractivity contribution in [2.24, 2.45) is 5.73 Å². The number of rotatable bonds is 6. The largest absolute Gasteiger partial charge is 0.338 e. The minimum atomic E-state index is -0.411. The number of nitrogens with two attached hydrogens (primary N) is 1. The SMILES string of the molecule is CN(C)CCN(C(=O)CC(C)(C)N)C1CCCC1. The predicted octanol–water partition coefficient (Wildman–Crippen LogP) is 1.45. The second-order valence-corrected chi connectivity index (χ2v) is 6.49. The highest BCUT2D eigenvalue weighted by atomic mass is 16.2. The molecule has 0 spiro atoms. The zero-order chi connectivity index (χ0) is 13.8. The number of hydrogen-bond acceptors (Lipinski definition) is 3. The van der Waals surface area contributed by atoms with Gasteiger partial charge >= 0.3 is 0 Å². The highest BCUT2D eigenvalue weighted by Crippen LogP contribution is 2.24. The second-order valence-electron chi connectivity index (χ2n) is 6.49. The molecule has 1 aliphatic carbocycles. The Bertz CT molecular complexity index is 265. The van der Waals surface area contributed by atoms with Crippen LogP contribution in [0.15, 0.2) is 0 Å². The first kappa shape index (κ1) is 15.4. The van der Waals surface area contributed by atoms with Gasteiger partial charge in [-0.05, 0) is 40.8 Å². The van der Waals surface area contributed by atoms with Crippen molar-refractivity contribution in [3.05, 3.63) is 0 Å². The Morgan fingerprint density at radius 1 is 1.22 bits per heavy atom. The van der Waals surface area contributed by atoms with Crippen molar-refractivity contribution < 1.29 is 4.79 Å². The van der Waals surface area contributed by atoms with Crippen molar-refractivity contribution in [1.82, 2.24) is 9.80 Å². The van der Waals surface area contributed by atoms with E-state index in [2.05, 4.69) is 9.80 Å². The van der Waals surface area contributed by atoms with Crippen molar-refractivity contribution in [1.29, 1.82) is 0 Å². The lowest BCUT2D eigenvalue weighted by atomic mass is 10.0. The lowest BCUT2D eigenvalue weighted by Crippen LogP contribution is -2.47. The number of carbonyl (C=O) groups excluding carboxylic acids is 1. The molecule has 1 amide bonds. The van der Waals surface area contributed by atoms with Gasteiger partial charge in [0.15, 0.2) is 0 Å². The second kappa shape index (κ2) is 6.53. The Balaban J connectivity index is 2.60. The van der Waals surface area contributed by atoms with Crippen LogP contribution in [0, 0.1) is 0 Å². The lowest BCUT2D eigenvalue weighted by Gasteiger charge is -2.32. The smallest absolute Gasteiger partial charge is 0.224 e. The van der Waals surface area contributed by atoms with Gasteiger partial charge in [-0.1, -0.05) is 12.8 Å². The van der Waals surface area contributed by atoms with Crippen LogP contribution in [0.25, 0.3) is 0 Å². The Kier molecular flexibility index (Phi) is 5.60. The third-order valence-electron chi connectivity index (χ3n) is 3.48. The molecule has 0 aromatic rings. The quantitative estimate of drug-likeness (QED) is 0.781. The summed E-state index contributed by atoms with van der Waals surface area (Å²) in [6, 6.07) is 0.444. The van der Waals surface area contributed by atoms with Crippen LogP contribution >= 0.6 is 0 Å². The first-order valence-electron chi connectivity index (χ1n) is 7.03. The van der Waals surface area contributed by atoms with Crippen LogP contribution in [0.3, 0.4) is 0 Å². The highest BCUT2D eigenvalue weighted by Gasteiger charge is 2.28. The molecule has 0 radical (unpaired) electrons. The summed E-state index contributed by atoms with van der Waals surface area (Å²) in [6.45, 7) is 5.59. The molecular weight excluding hydrogens is 226 g/mol. The molecule has 1 aliphatic rings. The molecule has 0 aromatic heterocycles. The van der Waals surface area contributed by atoms with E-state index in [1.807, 2.05) is 27.9 Å². The molecule has 1 saturated carbocycles. The molecule has 0 aliphatic heterocycles. The van der Waals surface area contributed by atoms with E-state index in [-0.39, 0.29) is 5.91 Å². The molecule has 1 rings (SSSR count). The molecular formula is C14H29N3O. The normalized spacial score (nSPS) is 17.4. The third-order valence-corrected chi connectivity index (χ3v) is 3.48. The van der Waals surface area contributed by atoms with Gasteiger partial charge < -0.3 is 15.5 Å². The Hall–Kier alpha value is -0.610. The fraction of sp³-hybridized carbons (Fsp3) is 0.929. The summed E-state index contributed by atoms with van der Waals surface area (Å²) < 4.78 is 0. The summed E-state index contributed by atoms with van der Waals surface area (Å²) in [5.74, 6) is 0.219. The molecule has 0 unspecified atom stereocenters. The van der Waals surface area contributed by atoms with Gasteiger partial charge in [-0.15, -0.1) is 0 Å². The topological polar surface area (TPSA) is 49.6 Å². The van der Waals surface area contributed by atoms with E-state index in [9.17, 15) is 4.79 Å². The fourth-order valence-corrected chi connectivity index (χ4v) is 2.53. The van der Waals surface area contributed by atoms with Gasteiger partial charge in [-0.25, -0.2) is 0 Å². The summed E-state index contributed by atoms with van der Waals surface area (Å²) >= 11 is 0. The van der Waals surface area contributed by atoms with Gasteiger partial charge in [-0.3, -0.25) is 4.79 Å². The van der Waals surface area contributed by atoms with E-state index in [4.69, 9.17) is 5.73 Å². The average molecular weight is 255 g/mol. The minimum absolute atomic E-state index is 0.219.